The molecule has 19 heavy (non-hydrogen) atoms. The van der Waals surface area contributed by atoms with Crippen molar-refractivity contribution in [2.24, 2.45) is 0 Å². The number of anilines is 2. The summed E-state index contributed by atoms with van der Waals surface area (Å²) in [6, 6.07) is 13.1. The molecule has 2 aromatic rings. The minimum atomic E-state index is -0.626. The fourth-order valence-corrected chi connectivity index (χ4v) is 1.98. The molecule has 4 heteroatoms. The van der Waals surface area contributed by atoms with E-state index < -0.39 is 6.10 Å². The van der Waals surface area contributed by atoms with Crippen LogP contribution in [-0.4, -0.2) is 11.7 Å². The number of aliphatic hydroxyl groups is 1. The Balaban J connectivity index is 2.03. The minimum absolute atomic E-state index is 0.423. The van der Waals surface area contributed by atoms with Crippen LogP contribution in [-0.2, 0) is 0 Å². The SMILES string of the molecule is Cc1ccccc1NCC(O)c1ccc(Cl)c(N)c1. The summed E-state index contributed by atoms with van der Waals surface area (Å²) in [5.74, 6) is 0. The average Bonchev–Trinajstić information content (AvgIpc) is 2.40. The van der Waals surface area contributed by atoms with Crippen molar-refractivity contribution in [2.75, 3.05) is 17.6 Å². The number of para-hydroxylation sites is 1. The van der Waals surface area contributed by atoms with E-state index in [1.807, 2.05) is 31.2 Å². The van der Waals surface area contributed by atoms with Crippen LogP contribution in [0.2, 0.25) is 5.02 Å². The molecule has 2 rings (SSSR count). The summed E-state index contributed by atoms with van der Waals surface area (Å²) in [5, 5.41) is 13.9. The summed E-state index contributed by atoms with van der Waals surface area (Å²) >= 11 is 5.86. The zero-order valence-corrected chi connectivity index (χ0v) is 11.5. The number of aliphatic hydroxyl groups excluding tert-OH is 1. The maximum Gasteiger partial charge on any atom is 0.0963 e. The van der Waals surface area contributed by atoms with E-state index >= 15 is 0 Å². The van der Waals surface area contributed by atoms with E-state index in [4.69, 9.17) is 17.3 Å². The zero-order valence-electron chi connectivity index (χ0n) is 10.7. The lowest BCUT2D eigenvalue weighted by atomic mass is 10.1. The van der Waals surface area contributed by atoms with Gasteiger partial charge >= 0.3 is 0 Å². The number of nitrogens with two attached hydrogens (primary N) is 1. The number of halogens is 1. The first-order valence-corrected chi connectivity index (χ1v) is 6.48. The smallest absolute Gasteiger partial charge is 0.0963 e. The Morgan fingerprint density at radius 3 is 2.68 bits per heavy atom. The predicted molar refractivity (Wildman–Crippen MR) is 80.5 cm³/mol. The third kappa shape index (κ3) is 3.40. The molecule has 0 aliphatic heterocycles. The lowest BCUT2D eigenvalue weighted by Crippen LogP contribution is -2.13. The van der Waals surface area contributed by atoms with Gasteiger partial charge in [0, 0.05) is 12.2 Å². The number of nitrogens with one attached hydrogen (secondary N) is 1. The highest BCUT2D eigenvalue weighted by atomic mass is 35.5. The number of aryl methyl sites for hydroxylation is 1. The summed E-state index contributed by atoms with van der Waals surface area (Å²) in [4.78, 5) is 0. The van der Waals surface area contributed by atoms with Crippen LogP contribution in [0.25, 0.3) is 0 Å². The lowest BCUT2D eigenvalue weighted by Gasteiger charge is -2.15. The second-order valence-electron chi connectivity index (χ2n) is 4.49. The van der Waals surface area contributed by atoms with Crippen molar-refractivity contribution in [2.45, 2.75) is 13.0 Å². The van der Waals surface area contributed by atoms with Crippen LogP contribution >= 0.6 is 11.6 Å². The van der Waals surface area contributed by atoms with E-state index in [2.05, 4.69) is 5.32 Å². The molecule has 100 valence electrons. The second kappa shape index (κ2) is 5.95. The zero-order chi connectivity index (χ0) is 13.8. The van der Waals surface area contributed by atoms with Crippen LogP contribution in [0, 0.1) is 6.92 Å². The maximum absolute atomic E-state index is 10.1. The third-order valence-corrected chi connectivity index (χ3v) is 3.38. The topological polar surface area (TPSA) is 58.3 Å². The first kappa shape index (κ1) is 13.7. The van der Waals surface area contributed by atoms with Gasteiger partial charge in [-0.25, -0.2) is 0 Å². The Labute approximate surface area is 118 Å². The molecule has 3 nitrogen and oxygen atoms in total. The van der Waals surface area contributed by atoms with Gasteiger partial charge in [-0.15, -0.1) is 0 Å². The van der Waals surface area contributed by atoms with Crippen molar-refractivity contribution in [3.05, 3.63) is 58.6 Å². The van der Waals surface area contributed by atoms with Gasteiger partial charge in [0.05, 0.1) is 16.8 Å². The minimum Gasteiger partial charge on any atom is -0.398 e. The molecule has 0 aromatic heterocycles. The van der Waals surface area contributed by atoms with Crippen LogP contribution in [0.15, 0.2) is 42.5 Å². The number of nitrogen functional groups attached to an aromatic ring is 1. The van der Waals surface area contributed by atoms with E-state index in [0.717, 1.165) is 16.8 Å². The number of hydrogen-bond donors (Lipinski definition) is 3. The van der Waals surface area contributed by atoms with E-state index in [0.29, 0.717) is 17.3 Å². The van der Waals surface area contributed by atoms with Crippen LogP contribution < -0.4 is 11.1 Å². The fourth-order valence-electron chi connectivity index (χ4n) is 1.87. The maximum atomic E-state index is 10.1. The Morgan fingerprint density at radius 1 is 1.26 bits per heavy atom. The summed E-state index contributed by atoms with van der Waals surface area (Å²) < 4.78 is 0. The van der Waals surface area contributed by atoms with Crippen LogP contribution in [0.5, 0.6) is 0 Å². The fraction of sp³-hybridized carbons (Fsp3) is 0.200. The standard InChI is InChI=1S/C15H17ClN2O/c1-10-4-2-3-5-14(10)18-9-15(19)11-6-7-12(16)13(17)8-11/h2-8,15,18-19H,9,17H2,1H3. The quantitative estimate of drug-likeness (QED) is 0.751. The summed E-state index contributed by atoms with van der Waals surface area (Å²) in [6.07, 6.45) is -0.626. The van der Waals surface area contributed by atoms with E-state index in [1.54, 1.807) is 18.2 Å². The molecule has 0 saturated heterocycles. The van der Waals surface area contributed by atoms with Crippen molar-refractivity contribution in [3.63, 3.8) is 0 Å². The molecule has 4 N–H and O–H groups in total. The Bertz CT molecular complexity index is 572. The first-order chi connectivity index (χ1) is 9.08. The largest absolute Gasteiger partial charge is 0.398 e. The number of hydrogen-bond acceptors (Lipinski definition) is 3. The summed E-state index contributed by atoms with van der Waals surface area (Å²) in [5.41, 5.74) is 9.12. The van der Waals surface area contributed by atoms with Gasteiger partial charge in [-0.1, -0.05) is 35.9 Å². The van der Waals surface area contributed by atoms with Crippen molar-refractivity contribution < 1.29 is 5.11 Å². The van der Waals surface area contributed by atoms with Crippen molar-refractivity contribution in [3.8, 4) is 0 Å². The van der Waals surface area contributed by atoms with Gasteiger partial charge in [-0.3, -0.25) is 0 Å². The summed E-state index contributed by atoms with van der Waals surface area (Å²) in [6.45, 7) is 2.45. The van der Waals surface area contributed by atoms with E-state index in [1.165, 1.54) is 0 Å². The Kier molecular flexibility index (Phi) is 4.30. The van der Waals surface area contributed by atoms with Gasteiger partial charge in [0.25, 0.3) is 0 Å². The molecule has 0 spiro atoms. The molecule has 0 saturated carbocycles. The van der Waals surface area contributed by atoms with Gasteiger partial charge in [0.15, 0.2) is 0 Å². The molecule has 0 bridgehead atoms. The van der Waals surface area contributed by atoms with Gasteiger partial charge in [0.1, 0.15) is 0 Å². The molecular weight excluding hydrogens is 260 g/mol. The third-order valence-electron chi connectivity index (χ3n) is 3.04. The normalized spacial score (nSPS) is 12.2. The molecule has 0 aliphatic carbocycles. The van der Waals surface area contributed by atoms with Gasteiger partial charge in [0.2, 0.25) is 0 Å². The van der Waals surface area contributed by atoms with Crippen LogP contribution in [0.3, 0.4) is 0 Å². The highest BCUT2D eigenvalue weighted by molar-refractivity contribution is 6.33. The number of rotatable bonds is 4. The lowest BCUT2D eigenvalue weighted by molar-refractivity contribution is 0.191. The molecule has 2 aromatic carbocycles. The monoisotopic (exact) mass is 276 g/mol. The van der Waals surface area contributed by atoms with Crippen molar-refractivity contribution >= 4 is 23.0 Å². The van der Waals surface area contributed by atoms with E-state index in [-0.39, 0.29) is 0 Å². The highest BCUT2D eigenvalue weighted by Gasteiger charge is 2.09. The molecule has 0 amide bonds. The molecule has 0 radical (unpaired) electrons. The van der Waals surface area contributed by atoms with Crippen LogP contribution in [0.4, 0.5) is 11.4 Å². The first-order valence-electron chi connectivity index (χ1n) is 6.10. The molecule has 0 heterocycles. The highest BCUT2D eigenvalue weighted by Crippen LogP contribution is 2.24. The Morgan fingerprint density at radius 2 is 2.00 bits per heavy atom. The van der Waals surface area contributed by atoms with Crippen LogP contribution in [0.1, 0.15) is 17.2 Å². The predicted octanol–water partition coefficient (Wildman–Crippen LogP) is 3.38. The molecular formula is C15H17ClN2O. The van der Waals surface area contributed by atoms with Gasteiger partial charge in [-0.2, -0.15) is 0 Å². The average molecular weight is 277 g/mol. The van der Waals surface area contributed by atoms with Crippen molar-refractivity contribution in [1.82, 2.24) is 0 Å². The molecule has 1 atom stereocenters. The van der Waals surface area contributed by atoms with Gasteiger partial charge < -0.3 is 16.2 Å². The van der Waals surface area contributed by atoms with E-state index in [9.17, 15) is 5.11 Å². The molecule has 1 unspecified atom stereocenters. The molecule has 0 fully saturated rings. The Hall–Kier alpha value is -1.71. The molecule has 0 aliphatic rings. The second-order valence-corrected chi connectivity index (χ2v) is 4.90. The van der Waals surface area contributed by atoms with Gasteiger partial charge in [-0.05, 0) is 36.2 Å². The summed E-state index contributed by atoms with van der Waals surface area (Å²) in [7, 11) is 0. The number of benzene rings is 2. The van der Waals surface area contributed by atoms with Crippen molar-refractivity contribution in [1.29, 1.82) is 0 Å².